The molecule has 1 aromatic heterocycles. The van der Waals surface area contributed by atoms with E-state index in [4.69, 9.17) is 9.47 Å². The molecular weight excluding hydrogens is 272 g/mol. The summed E-state index contributed by atoms with van der Waals surface area (Å²) in [7, 11) is 0. The quantitative estimate of drug-likeness (QED) is 0.907. The van der Waals surface area contributed by atoms with Crippen molar-refractivity contribution >= 4 is 11.3 Å². The van der Waals surface area contributed by atoms with Crippen molar-refractivity contribution < 1.29 is 9.47 Å². The average Bonchev–Trinajstić information content (AvgIpc) is 3.06. The fraction of sp³-hybridized carbons (Fsp3) is 0.800. The van der Waals surface area contributed by atoms with Crippen molar-refractivity contribution in [3.8, 4) is 0 Å². The summed E-state index contributed by atoms with van der Waals surface area (Å²) in [5.41, 5.74) is 1.16. The van der Waals surface area contributed by atoms with E-state index in [0.29, 0.717) is 6.61 Å². The second-order valence-corrected chi connectivity index (χ2v) is 6.81. The van der Waals surface area contributed by atoms with Gasteiger partial charge in [-0.2, -0.15) is 0 Å². The number of piperidine rings is 1. The minimum absolute atomic E-state index is 0.0887. The number of hydrogen-bond acceptors (Lipinski definition) is 5. The molecule has 1 unspecified atom stereocenters. The standard InChI is InChI=1S/C15H24N2O2S/c1-2-3-14-17-12(11-20-14)9-18-13-8-15(19-10-13)4-6-16-7-5-15/h11,13,16H,2-10H2,1H3. The lowest BCUT2D eigenvalue weighted by Crippen LogP contribution is -2.41. The Bertz CT molecular complexity index is 429. The highest BCUT2D eigenvalue weighted by atomic mass is 32.1. The van der Waals surface area contributed by atoms with Crippen LogP contribution in [-0.2, 0) is 22.5 Å². The second kappa shape index (κ2) is 6.52. The van der Waals surface area contributed by atoms with E-state index in [0.717, 1.165) is 57.5 Å². The van der Waals surface area contributed by atoms with Crippen LogP contribution in [0.15, 0.2) is 5.38 Å². The van der Waals surface area contributed by atoms with Crippen molar-refractivity contribution in [2.75, 3.05) is 19.7 Å². The van der Waals surface area contributed by atoms with Gasteiger partial charge in [0.15, 0.2) is 0 Å². The van der Waals surface area contributed by atoms with Crippen molar-refractivity contribution in [1.29, 1.82) is 0 Å². The van der Waals surface area contributed by atoms with E-state index in [-0.39, 0.29) is 11.7 Å². The fourth-order valence-corrected chi connectivity index (χ4v) is 3.97. The summed E-state index contributed by atoms with van der Waals surface area (Å²) in [5, 5.41) is 6.75. The van der Waals surface area contributed by atoms with Gasteiger partial charge in [0.1, 0.15) is 0 Å². The molecule has 0 bridgehead atoms. The molecule has 0 aromatic carbocycles. The Balaban J connectivity index is 1.47. The zero-order chi connectivity index (χ0) is 13.8. The van der Waals surface area contributed by atoms with Crippen LogP contribution in [0.1, 0.15) is 43.3 Å². The summed E-state index contributed by atoms with van der Waals surface area (Å²) in [4.78, 5) is 4.61. The number of thiazole rings is 1. The molecule has 0 saturated carbocycles. The molecule has 3 heterocycles. The van der Waals surface area contributed by atoms with Gasteiger partial charge in [-0.25, -0.2) is 4.98 Å². The molecule has 1 spiro atoms. The van der Waals surface area contributed by atoms with E-state index in [1.165, 1.54) is 5.01 Å². The fourth-order valence-electron chi connectivity index (χ4n) is 3.09. The topological polar surface area (TPSA) is 43.4 Å². The predicted molar refractivity (Wildman–Crippen MR) is 80.1 cm³/mol. The second-order valence-electron chi connectivity index (χ2n) is 5.86. The van der Waals surface area contributed by atoms with E-state index in [2.05, 4.69) is 22.6 Å². The van der Waals surface area contributed by atoms with Crippen molar-refractivity contribution in [2.24, 2.45) is 0 Å². The van der Waals surface area contributed by atoms with Crippen LogP contribution in [0.3, 0.4) is 0 Å². The normalized spacial score (nSPS) is 25.4. The molecule has 1 aromatic rings. The van der Waals surface area contributed by atoms with E-state index in [9.17, 15) is 0 Å². The number of hydrogen-bond donors (Lipinski definition) is 1. The number of nitrogens with zero attached hydrogens (tertiary/aromatic N) is 1. The van der Waals surface area contributed by atoms with E-state index >= 15 is 0 Å². The molecule has 2 aliphatic heterocycles. The molecular formula is C15H24N2O2S. The molecule has 2 aliphatic rings. The van der Waals surface area contributed by atoms with Crippen LogP contribution in [0, 0.1) is 0 Å². The third-order valence-electron chi connectivity index (χ3n) is 4.22. The summed E-state index contributed by atoms with van der Waals surface area (Å²) in [6.07, 6.45) is 5.74. The number of rotatable bonds is 5. The molecule has 2 fully saturated rings. The first-order chi connectivity index (χ1) is 9.80. The maximum Gasteiger partial charge on any atom is 0.0929 e. The number of aromatic nitrogens is 1. The number of ether oxygens (including phenoxy) is 2. The smallest absolute Gasteiger partial charge is 0.0929 e. The van der Waals surface area contributed by atoms with Crippen LogP contribution < -0.4 is 5.32 Å². The first-order valence-electron chi connectivity index (χ1n) is 7.69. The average molecular weight is 296 g/mol. The molecule has 1 N–H and O–H groups in total. The molecule has 5 heteroatoms. The van der Waals surface area contributed by atoms with Gasteiger partial charge in [-0.1, -0.05) is 6.92 Å². The van der Waals surface area contributed by atoms with Gasteiger partial charge in [0.25, 0.3) is 0 Å². The maximum atomic E-state index is 6.04. The zero-order valence-corrected chi connectivity index (χ0v) is 13.0. The Hall–Kier alpha value is -0.490. The molecule has 1 atom stereocenters. The molecule has 0 aliphatic carbocycles. The molecule has 20 heavy (non-hydrogen) atoms. The Morgan fingerprint density at radius 3 is 3.15 bits per heavy atom. The summed E-state index contributed by atoms with van der Waals surface area (Å²) < 4.78 is 12.1. The van der Waals surface area contributed by atoms with Gasteiger partial charge in [0.2, 0.25) is 0 Å². The van der Waals surface area contributed by atoms with Crippen LogP contribution in [0.5, 0.6) is 0 Å². The minimum atomic E-state index is 0.0887. The molecule has 0 radical (unpaired) electrons. The van der Waals surface area contributed by atoms with Crippen LogP contribution in [0.4, 0.5) is 0 Å². The van der Waals surface area contributed by atoms with Crippen molar-refractivity contribution in [1.82, 2.24) is 10.3 Å². The maximum absolute atomic E-state index is 6.04. The summed E-state index contributed by atoms with van der Waals surface area (Å²) in [6, 6.07) is 0. The number of aryl methyl sites for hydroxylation is 1. The Morgan fingerprint density at radius 2 is 2.35 bits per heavy atom. The predicted octanol–water partition coefficient (Wildman–Crippen LogP) is 2.52. The van der Waals surface area contributed by atoms with Gasteiger partial charge in [-0.15, -0.1) is 11.3 Å². The minimum Gasteiger partial charge on any atom is -0.372 e. The molecule has 3 rings (SSSR count). The Labute approximate surface area is 124 Å². The highest BCUT2D eigenvalue weighted by molar-refractivity contribution is 7.09. The van der Waals surface area contributed by atoms with Gasteiger partial charge in [0, 0.05) is 11.8 Å². The van der Waals surface area contributed by atoms with Crippen molar-refractivity contribution in [2.45, 2.75) is 57.3 Å². The lowest BCUT2D eigenvalue weighted by molar-refractivity contribution is -0.0241. The molecule has 0 amide bonds. The highest BCUT2D eigenvalue weighted by Crippen LogP contribution is 2.35. The van der Waals surface area contributed by atoms with Crippen LogP contribution in [0.2, 0.25) is 0 Å². The molecule has 4 nitrogen and oxygen atoms in total. The van der Waals surface area contributed by atoms with Crippen LogP contribution in [0.25, 0.3) is 0 Å². The van der Waals surface area contributed by atoms with E-state index in [1.807, 2.05) is 0 Å². The number of nitrogens with one attached hydrogen (secondary N) is 1. The van der Waals surface area contributed by atoms with Crippen LogP contribution >= 0.6 is 11.3 Å². The summed E-state index contributed by atoms with van der Waals surface area (Å²) >= 11 is 1.75. The first-order valence-corrected chi connectivity index (χ1v) is 8.57. The highest BCUT2D eigenvalue weighted by Gasteiger charge is 2.41. The van der Waals surface area contributed by atoms with E-state index in [1.54, 1.807) is 11.3 Å². The molecule has 112 valence electrons. The van der Waals surface area contributed by atoms with Gasteiger partial charge in [0.05, 0.1) is 35.6 Å². The Kier molecular flexibility index (Phi) is 4.71. The third-order valence-corrected chi connectivity index (χ3v) is 5.18. The van der Waals surface area contributed by atoms with Gasteiger partial charge < -0.3 is 14.8 Å². The van der Waals surface area contributed by atoms with Crippen LogP contribution in [-0.4, -0.2) is 36.4 Å². The lowest BCUT2D eigenvalue weighted by Gasteiger charge is -2.32. The molecule has 2 saturated heterocycles. The summed E-state index contributed by atoms with van der Waals surface area (Å²) in [6.45, 7) is 5.69. The zero-order valence-electron chi connectivity index (χ0n) is 12.2. The third kappa shape index (κ3) is 3.39. The monoisotopic (exact) mass is 296 g/mol. The van der Waals surface area contributed by atoms with Gasteiger partial charge in [-0.05, 0) is 38.8 Å². The van der Waals surface area contributed by atoms with Gasteiger partial charge >= 0.3 is 0 Å². The Morgan fingerprint density at radius 1 is 1.50 bits per heavy atom. The van der Waals surface area contributed by atoms with Crippen molar-refractivity contribution in [3.63, 3.8) is 0 Å². The first kappa shape index (κ1) is 14.4. The van der Waals surface area contributed by atoms with Crippen molar-refractivity contribution in [3.05, 3.63) is 16.1 Å². The summed E-state index contributed by atoms with van der Waals surface area (Å²) in [5.74, 6) is 0. The SMILES string of the molecule is CCCc1nc(COC2COC3(CCNCC3)C2)cs1. The van der Waals surface area contributed by atoms with E-state index < -0.39 is 0 Å². The largest absolute Gasteiger partial charge is 0.372 e. The van der Waals surface area contributed by atoms with Gasteiger partial charge in [-0.3, -0.25) is 0 Å². The lowest BCUT2D eigenvalue weighted by atomic mass is 9.89.